The Bertz CT molecular complexity index is 1190. The third-order valence-electron chi connectivity index (χ3n) is 5.02. The first kappa shape index (κ1) is 20.9. The number of carbonyl (C=O) groups excluding carboxylic acids is 1. The fourth-order valence-electron chi connectivity index (χ4n) is 3.28. The smallest absolute Gasteiger partial charge is 0.295 e. The highest BCUT2D eigenvalue weighted by Gasteiger charge is 2.29. The van der Waals surface area contributed by atoms with Crippen molar-refractivity contribution < 1.29 is 13.2 Å². The molecule has 1 heterocycles. The molecule has 0 saturated carbocycles. The summed E-state index contributed by atoms with van der Waals surface area (Å²) in [4.78, 5) is 25.0. The second kappa shape index (κ2) is 8.24. The molecule has 29 heavy (non-hydrogen) atoms. The molecule has 0 aliphatic heterocycles. The minimum Gasteiger partial charge on any atom is -0.295 e. The molecular formula is C21H25N3O4S. The zero-order valence-corrected chi connectivity index (χ0v) is 17.6. The van der Waals surface area contributed by atoms with E-state index < -0.39 is 15.9 Å². The number of carbonyl (C=O) groups is 1. The first-order valence-corrected chi connectivity index (χ1v) is 11.0. The lowest BCUT2D eigenvalue weighted by Gasteiger charge is -2.23. The zero-order chi connectivity index (χ0) is 21.2. The fourth-order valence-corrected chi connectivity index (χ4v) is 4.72. The topological polar surface area (TPSA) is 81.4 Å². The first-order valence-electron chi connectivity index (χ1n) is 9.52. The number of imidazole rings is 1. The van der Waals surface area contributed by atoms with Gasteiger partial charge in [0.15, 0.2) is 0 Å². The summed E-state index contributed by atoms with van der Waals surface area (Å²) in [5.41, 5.74) is 1.62. The van der Waals surface area contributed by atoms with Gasteiger partial charge in [-0.05, 0) is 30.2 Å². The van der Waals surface area contributed by atoms with Gasteiger partial charge in [0, 0.05) is 20.5 Å². The standard InChI is InChI=1S/C21H25N3O4S/c1-4-5-11-20(25)24(15-16-9-7-6-8-10-16)29(27,28)17-12-13-18-19(14-17)23(3)21(26)22(18)2/h6-10,12-14H,4-5,11,15H2,1-3H3. The van der Waals surface area contributed by atoms with E-state index in [1.54, 1.807) is 32.3 Å². The second-order valence-electron chi connectivity index (χ2n) is 7.05. The minimum atomic E-state index is -4.08. The van der Waals surface area contributed by atoms with Gasteiger partial charge in [0.1, 0.15) is 0 Å². The average molecular weight is 416 g/mol. The van der Waals surface area contributed by atoms with Gasteiger partial charge in [0.25, 0.3) is 10.0 Å². The lowest BCUT2D eigenvalue weighted by Crippen LogP contribution is -2.36. The number of amides is 1. The second-order valence-corrected chi connectivity index (χ2v) is 8.91. The fraction of sp³-hybridized carbons (Fsp3) is 0.333. The number of unbranched alkanes of at least 4 members (excludes halogenated alkanes) is 1. The predicted molar refractivity (Wildman–Crippen MR) is 112 cm³/mol. The molecule has 3 rings (SSSR count). The molecule has 0 radical (unpaired) electrons. The van der Waals surface area contributed by atoms with Crippen LogP contribution in [-0.2, 0) is 35.5 Å². The number of aryl methyl sites for hydroxylation is 2. The van der Waals surface area contributed by atoms with Crippen molar-refractivity contribution in [2.45, 2.75) is 37.6 Å². The molecule has 1 amide bonds. The summed E-state index contributed by atoms with van der Waals surface area (Å²) >= 11 is 0. The molecule has 0 spiro atoms. The largest absolute Gasteiger partial charge is 0.328 e. The molecule has 0 atom stereocenters. The molecule has 0 N–H and O–H groups in total. The van der Waals surface area contributed by atoms with E-state index in [4.69, 9.17) is 0 Å². The molecule has 8 heteroatoms. The van der Waals surface area contributed by atoms with Gasteiger partial charge in [0.05, 0.1) is 22.5 Å². The van der Waals surface area contributed by atoms with E-state index in [1.165, 1.54) is 21.3 Å². The van der Waals surface area contributed by atoms with Crippen LogP contribution in [-0.4, -0.2) is 27.8 Å². The Morgan fingerprint density at radius 3 is 2.31 bits per heavy atom. The van der Waals surface area contributed by atoms with Gasteiger partial charge < -0.3 is 0 Å². The van der Waals surface area contributed by atoms with Crippen LogP contribution in [0.15, 0.2) is 58.2 Å². The van der Waals surface area contributed by atoms with Crippen LogP contribution in [0.5, 0.6) is 0 Å². The van der Waals surface area contributed by atoms with Gasteiger partial charge in [-0.1, -0.05) is 43.7 Å². The Morgan fingerprint density at radius 2 is 1.66 bits per heavy atom. The summed E-state index contributed by atoms with van der Waals surface area (Å²) in [6, 6.07) is 13.5. The van der Waals surface area contributed by atoms with Crippen LogP contribution in [0.3, 0.4) is 0 Å². The monoisotopic (exact) mass is 415 g/mol. The van der Waals surface area contributed by atoms with Crippen LogP contribution in [0.2, 0.25) is 0 Å². The quantitative estimate of drug-likeness (QED) is 0.594. The predicted octanol–water partition coefficient (Wildman–Crippen LogP) is 2.78. The molecule has 0 fully saturated rings. The van der Waals surface area contributed by atoms with Crippen LogP contribution < -0.4 is 5.69 Å². The van der Waals surface area contributed by atoms with E-state index in [0.717, 1.165) is 16.3 Å². The number of aromatic nitrogens is 2. The third-order valence-corrected chi connectivity index (χ3v) is 6.79. The summed E-state index contributed by atoms with van der Waals surface area (Å²) in [6.07, 6.45) is 1.57. The van der Waals surface area contributed by atoms with E-state index in [1.807, 2.05) is 25.1 Å². The van der Waals surface area contributed by atoms with Gasteiger partial charge in [-0.15, -0.1) is 0 Å². The average Bonchev–Trinajstić information content (AvgIpc) is 2.94. The summed E-state index contributed by atoms with van der Waals surface area (Å²) < 4.78 is 30.6. The molecule has 0 unspecified atom stereocenters. The zero-order valence-electron chi connectivity index (χ0n) is 16.8. The first-order chi connectivity index (χ1) is 13.8. The van der Waals surface area contributed by atoms with Gasteiger partial charge in [-0.25, -0.2) is 17.5 Å². The Labute approximate surface area is 170 Å². The number of hydrogen-bond acceptors (Lipinski definition) is 4. The van der Waals surface area contributed by atoms with E-state index in [-0.39, 0.29) is 23.6 Å². The van der Waals surface area contributed by atoms with Crippen molar-refractivity contribution in [1.82, 2.24) is 13.4 Å². The highest BCUT2D eigenvalue weighted by atomic mass is 32.2. The van der Waals surface area contributed by atoms with Crippen molar-refractivity contribution in [3.63, 3.8) is 0 Å². The number of nitrogens with zero attached hydrogens (tertiary/aromatic N) is 3. The highest BCUT2D eigenvalue weighted by Crippen LogP contribution is 2.24. The summed E-state index contributed by atoms with van der Waals surface area (Å²) in [7, 11) is -0.855. The van der Waals surface area contributed by atoms with Gasteiger partial charge in [-0.3, -0.25) is 13.9 Å². The lowest BCUT2D eigenvalue weighted by molar-refractivity contribution is -0.127. The maximum Gasteiger partial charge on any atom is 0.328 e. The molecule has 154 valence electrons. The van der Waals surface area contributed by atoms with Gasteiger partial charge in [-0.2, -0.15) is 0 Å². The van der Waals surface area contributed by atoms with Crippen molar-refractivity contribution in [2.75, 3.05) is 0 Å². The third kappa shape index (κ3) is 3.98. The van der Waals surface area contributed by atoms with Crippen LogP contribution >= 0.6 is 0 Å². The summed E-state index contributed by atoms with van der Waals surface area (Å²) in [5, 5.41) is 0. The van der Waals surface area contributed by atoms with Crippen molar-refractivity contribution in [2.24, 2.45) is 14.1 Å². The van der Waals surface area contributed by atoms with Crippen LogP contribution in [0.25, 0.3) is 11.0 Å². The van der Waals surface area contributed by atoms with Crippen LogP contribution in [0, 0.1) is 0 Å². The molecule has 7 nitrogen and oxygen atoms in total. The number of benzene rings is 2. The maximum atomic E-state index is 13.4. The molecule has 0 saturated heterocycles. The molecule has 0 aliphatic carbocycles. The summed E-state index contributed by atoms with van der Waals surface area (Å²) in [5.74, 6) is -0.433. The Kier molecular flexibility index (Phi) is 5.93. The van der Waals surface area contributed by atoms with Gasteiger partial charge in [0.2, 0.25) is 5.91 Å². The Balaban J connectivity index is 2.07. The number of fused-ring (bicyclic) bond motifs is 1. The van der Waals surface area contributed by atoms with E-state index in [2.05, 4.69) is 0 Å². The molecule has 1 aromatic heterocycles. The van der Waals surface area contributed by atoms with Gasteiger partial charge >= 0.3 is 5.69 Å². The highest BCUT2D eigenvalue weighted by molar-refractivity contribution is 7.89. The van der Waals surface area contributed by atoms with Crippen LogP contribution in [0.1, 0.15) is 31.7 Å². The molecule has 0 bridgehead atoms. The molecule has 3 aromatic rings. The maximum absolute atomic E-state index is 13.4. The van der Waals surface area contributed by atoms with E-state index in [9.17, 15) is 18.0 Å². The lowest BCUT2D eigenvalue weighted by atomic mass is 10.2. The number of rotatable bonds is 7. The SMILES string of the molecule is CCCCC(=O)N(Cc1ccccc1)S(=O)(=O)c1ccc2c(c1)n(C)c(=O)n2C. The summed E-state index contributed by atoms with van der Waals surface area (Å²) in [6.45, 7) is 1.92. The van der Waals surface area contributed by atoms with Crippen molar-refractivity contribution in [3.05, 3.63) is 64.6 Å². The Morgan fingerprint density at radius 1 is 1.00 bits per heavy atom. The minimum absolute atomic E-state index is 0.00743. The number of hydrogen-bond donors (Lipinski definition) is 0. The van der Waals surface area contributed by atoms with E-state index in [0.29, 0.717) is 17.5 Å². The molecule has 0 aliphatic rings. The molecule has 2 aromatic carbocycles. The normalized spacial score (nSPS) is 11.7. The van der Waals surface area contributed by atoms with Crippen LogP contribution in [0.4, 0.5) is 0 Å². The van der Waals surface area contributed by atoms with Crippen molar-refractivity contribution in [3.8, 4) is 0 Å². The Hall–Kier alpha value is -2.87. The van der Waals surface area contributed by atoms with Crippen molar-refractivity contribution >= 4 is 27.0 Å². The number of sulfonamides is 1. The van der Waals surface area contributed by atoms with E-state index >= 15 is 0 Å². The molecular weight excluding hydrogens is 390 g/mol. The van der Waals surface area contributed by atoms with Crippen molar-refractivity contribution in [1.29, 1.82) is 0 Å².